The van der Waals surface area contributed by atoms with Gasteiger partial charge in [-0.25, -0.2) is 4.79 Å². The van der Waals surface area contributed by atoms with E-state index in [1.807, 2.05) is 6.92 Å². The zero-order valence-electron chi connectivity index (χ0n) is 12.5. The summed E-state index contributed by atoms with van der Waals surface area (Å²) >= 11 is 0. The molecule has 1 aromatic rings. The largest absolute Gasteiger partial charge is 0.475 e. The van der Waals surface area contributed by atoms with Gasteiger partial charge in [-0.2, -0.15) is 0 Å². The van der Waals surface area contributed by atoms with Gasteiger partial charge in [0, 0.05) is 19.6 Å². The third-order valence-electron chi connectivity index (χ3n) is 3.66. The van der Waals surface area contributed by atoms with Crippen LogP contribution in [-0.2, 0) is 4.79 Å². The molecule has 1 unspecified atom stereocenters. The van der Waals surface area contributed by atoms with E-state index >= 15 is 0 Å². The molecule has 1 atom stereocenters. The number of nitrogens with zero attached hydrogens (tertiary/aromatic N) is 1. The van der Waals surface area contributed by atoms with Crippen molar-refractivity contribution in [2.45, 2.75) is 26.2 Å². The summed E-state index contributed by atoms with van der Waals surface area (Å²) in [6.45, 7) is 3.48. The summed E-state index contributed by atoms with van der Waals surface area (Å²) < 4.78 is 5.03. The minimum atomic E-state index is -1.21. The molecule has 2 rings (SSSR count). The number of hydrogen-bond acceptors (Lipinski definition) is 4. The van der Waals surface area contributed by atoms with E-state index in [0.29, 0.717) is 19.6 Å². The third kappa shape index (κ3) is 3.66. The van der Waals surface area contributed by atoms with E-state index in [1.54, 1.807) is 4.90 Å². The molecule has 0 aromatic carbocycles. The maximum absolute atomic E-state index is 12.3. The van der Waals surface area contributed by atoms with E-state index in [2.05, 4.69) is 5.32 Å². The first-order valence-corrected chi connectivity index (χ1v) is 7.43. The van der Waals surface area contributed by atoms with Gasteiger partial charge in [-0.3, -0.25) is 9.59 Å². The summed E-state index contributed by atoms with van der Waals surface area (Å²) in [5.74, 6) is -2.12. The fraction of sp³-hybridized carbons (Fsp3) is 0.533. The zero-order chi connectivity index (χ0) is 16.1. The van der Waals surface area contributed by atoms with E-state index in [-0.39, 0.29) is 29.3 Å². The van der Waals surface area contributed by atoms with Crippen molar-refractivity contribution in [1.82, 2.24) is 10.2 Å². The monoisotopic (exact) mass is 308 g/mol. The lowest BCUT2D eigenvalue weighted by molar-refractivity contribution is -0.126. The molecule has 1 fully saturated rings. The highest BCUT2D eigenvalue weighted by Crippen LogP contribution is 2.20. The van der Waals surface area contributed by atoms with Crippen LogP contribution in [0.3, 0.4) is 0 Å². The maximum Gasteiger partial charge on any atom is 0.371 e. The molecule has 120 valence electrons. The maximum atomic E-state index is 12.3. The standard InChI is InChI=1S/C15H20N2O5/c1-2-7-16-13(18)10-4-3-8-17(9-10)14(19)11-5-6-12(22-11)15(20)21/h5-6,10H,2-4,7-9H2,1H3,(H,16,18)(H,20,21). The average Bonchev–Trinajstić information content (AvgIpc) is 3.02. The second-order valence-electron chi connectivity index (χ2n) is 5.35. The number of carbonyl (C=O) groups excluding carboxylic acids is 2. The van der Waals surface area contributed by atoms with Crippen LogP contribution in [0.1, 0.15) is 47.3 Å². The minimum absolute atomic E-state index is 0.00739. The van der Waals surface area contributed by atoms with Crippen molar-refractivity contribution in [2.24, 2.45) is 5.92 Å². The van der Waals surface area contributed by atoms with E-state index in [1.165, 1.54) is 12.1 Å². The number of carboxylic acids is 1. The lowest BCUT2D eigenvalue weighted by atomic mass is 9.97. The van der Waals surface area contributed by atoms with Crippen molar-refractivity contribution in [2.75, 3.05) is 19.6 Å². The summed E-state index contributed by atoms with van der Waals surface area (Å²) in [4.78, 5) is 36.7. The van der Waals surface area contributed by atoms with E-state index in [0.717, 1.165) is 19.3 Å². The molecule has 2 N–H and O–H groups in total. The number of carbonyl (C=O) groups is 3. The molecule has 0 spiro atoms. The zero-order valence-corrected chi connectivity index (χ0v) is 12.5. The van der Waals surface area contributed by atoms with Crippen molar-refractivity contribution in [1.29, 1.82) is 0 Å². The number of rotatable bonds is 5. The van der Waals surface area contributed by atoms with Crippen LogP contribution in [-0.4, -0.2) is 47.4 Å². The van der Waals surface area contributed by atoms with Gasteiger partial charge in [-0.05, 0) is 31.4 Å². The number of nitrogens with one attached hydrogen (secondary N) is 1. The smallest absolute Gasteiger partial charge is 0.371 e. The van der Waals surface area contributed by atoms with Gasteiger partial charge >= 0.3 is 5.97 Å². The molecule has 7 nitrogen and oxygen atoms in total. The number of hydrogen-bond donors (Lipinski definition) is 2. The van der Waals surface area contributed by atoms with Gasteiger partial charge < -0.3 is 19.7 Å². The Labute approximate surface area is 128 Å². The van der Waals surface area contributed by atoms with Crippen LogP contribution < -0.4 is 5.32 Å². The first-order valence-electron chi connectivity index (χ1n) is 7.43. The van der Waals surface area contributed by atoms with Crippen molar-refractivity contribution in [3.05, 3.63) is 23.7 Å². The summed E-state index contributed by atoms with van der Waals surface area (Å²) in [6, 6.07) is 2.61. The fourth-order valence-corrected chi connectivity index (χ4v) is 2.49. The molecule has 0 aliphatic carbocycles. The normalized spacial score (nSPS) is 18.0. The highest BCUT2D eigenvalue weighted by Gasteiger charge is 2.30. The fourth-order valence-electron chi connectivity index (χ4n) is 2.49. The third-order valence-corrected chi connectivity index (χ3v) is 3.66. The Bertz CT molecular complexity index is 566. The lowest BCUT2D eigenvalue weighted by Crippen LogP contribution is -2.45. The Morgan fingerprint density at radius 3 is 2.73 bits per heavy atom. The number of furan rings is 1. The van der Waals surface area contributed by atoms with Crippen LogP contribution in [0, 0.1) is 5.92 Å². The van der Waals surface area contributed by atoms with Crippen LogP contribution >= 0.6 is 0 Å². The molecular formula is C15H20N2O5. The van der Waals surface area contributed by atoms with Crippen molar-refractivity contribution >= 4 is 17.8 Å². The lowest BCUT2D eigenvalue weighted by Gasteiger charge is -2.31. The number of amides is 2. The number of carboxylic acid groups (broad SMARTS) is 1. The van der Waals surface area contributed by atoms with Gasteiger partial charge in [0.25, 0.3) is 5.91 Å². The SMILES string of the molecule is CCCNC(=O)C1CCCN(C(=O)c2ccc(C(=O)O)o2)C1. The quantitative estimate of drug-likeness (QED) is 0.855. The molecule has 2 heterocycles. The van der Waals surface area contributed by atoms with Gasteiger partial charge in [0.2, 0.25) is 11.7 Å². The highest BCUT2D eigenvalue weighted by molar-refractivity contribution is 5.94. The molecule has 0 bridgehead atoms. The Morgan fingerprint density at radius 1 is 1.36 bits per heavy atom. The molecule has 0 saturated carbocycles. The summed E-state index contributed by atoms with van der Waals surface area (Å²) in [5, 5.41) is 11.7. The molecule has 0 radical (unpaired) electrons. The number of aromatic carboxylic acids is 1. The Kier molecular flexibility index (Phi) is 5.19. The van der Waals surface area contributed by atoms with Gasteiger partial charge in [0.1, 0.15) is 0 Å². The molecular weight excluding hydrogens is 288 g/mol. The van der Waals surface area contributed by atoms with Gasteiger partial charge in [-0.15, -0.1) is 0 Å². The first-order chi connectivity index (χ1) is 10.5. The second-order valence-corrected chi connectivity index (χ2v) is 5.35. The summed E-state index contributed by atoms with van der Waals surface area (Å²) in [5.41, 5.74) is 0. The van der Waals surface area contributed by atoms with Crippen molar-refractivity contribution < 1.29 is 23.9 Å². The Morgan fingerprint density at radius 2 is 2.09 bits per heavy atom. The van der Waals surface area contributed by atoms with E-state index in [9.17, 15) is 14.4 Å². The molecule has 1 aliphatic heterocycles. The average molecular weight is 308 g/mol. The van der Waals surface area contributed by atoms with Crippen LogP contribution in [0.5, 0.6) is 0 Å². The first kappa shape index (κ1) is 16.1. The summed E-state index contributed by atoms with van der Waals surface area (Å²) in [6.07, 6.45) is 2.35. The summed E-state index contributed by atoms with van der Waals surface area (Å²) in [7, 11) is 0. The topological polar surface area (TPSA) is 99.9 Å². The molecule has 7 heteroatoms. The molecule has 22 heavy (non-hydrogen) atoms. The van der Waals surface area contributed by atoms with Crippen LogP contribution in [0.4, 0.5) is 0 Å². The van der Waals surface area contributed by atoms with Crippen LogP contribution in [0.2, 0.25) is 0 Å². The van der Waals surface area contributed by atoms with Gasteiger partial charge in [-0.1, -0.05) is 6.92 Å². The van der Waals surface area contributed by atoms with Gasteiger partial charge in [0.05, 0.1) is 5.92 Å². The molecule has 1 aliphatic rings. The Hall–Kier alpha value is -2.31. The second kappa shape index (κ2) is 7.11. The van der Waals surface area contributed by atoms with Crippen molar-refractivity contribution in [3.8, 4) is 0 Å². The van der Waals surface area contributed by atoms with Crippen molar-refractivity contribution in [3.63, 3.8) is 0 Å². The number of piperidine rings is 1. The van der Waals surface area contributed by atoms with Crippen LogP contribution in [0.15, 0.2) is 16.5 Å². The van der Waals surface area contributed by atoms with E-state index < -0.39 is 5.97 Å². The molecule has 1 aromatic heterocycles. The number of likely N-dealkylation sites (tertiary alicyclic amines) is 1. The van der Waals surface area contributed by atoms with E-state index in [4.69, 9.17) is 9.52 Å². The highest BCUT2D eigenvalue weighted by atomic mass is 16.4. The molecule has 1 saturated heterocycles. The Balaban J connectivity index is 2.00. The predicted molar refractivity (Wildman–Crippen MR) is 77.6 cm³/mol. The predicted octanol–water partition coefficient (Wildman–Crippen LogP) is 1.36. The van der Waals surface area contributed by atoms with Gasteiger partial charge in [0.15, 0.2) is 5.76 Å². The van der Waals surface area contributed by atoms with Crippen LogP contribution in [0.25, 0.3) is 0 Å². The minimum Gasteiger partial charge on any atom is -0.475 e. The molecule has 2 amide bonds.